The van der Waals surface area contributed by atoms with Gasteiger partial charge in [0.1, 0.15) is 12.4 Å². The maximum absolute atomic E-state index is 12.9. The molecule has 2 aliphatic rings. The maximum atomic E-state index is 12.9. The minimum atomic E-state index is -4.53. The molecule has 1 N–H and O–H groups in total. The fourth-order valence-electron chi connectivity index (χ4n) is 6.36. The second-order valence-electron chi connectivity index (χ2n) is 11.3. The number of alkyl carbamates (subject to hydrolysis) is 1. The highest BCUT2D eigenvalue weighted by Crippen LogP contribution is 2.52. The van der Waals surface area contributed by atoms with Gasteiger partial charge >= 0.3 is 12.3 Å². The highest BCUT2D eigenvalue weighted by atomic mass is 19.4. The SMILES string of the molecule is O=C(NCC(F)(F)F)OC1(CCCCN2CCN(c3cccc(-c4ccccc4)n3)CC2)c2ccccc2-c2ccccc21. The molecular formula is C35H35F3N4O2. The van der Waals surface area contributed by atoms with E-state index >= 15 is 0 Å². The van der Waals surface area contributed by atoms with Crippen LogP contribution in [0.1, 0.15) is 30.4 Å². The highest BCUT2D eigenvalue weighted by molar-refractivity contribution is 5.82. The number of fused-ring (bicyclic) bond motifs is 3. The summed E-state index contributed by atoms with van der Waals surface area (Å²) in [6.07, 6.45) is -3.54. The number of rotatable bonds is 9. The summed E-state index contributed by atoms with van der Waals surface area (Å²) in [4.78, 5) is 22.4. The van der Waals surface area contributed by atoms with Crippen molar-refractivity contribution in [3.8, 4) is 22.4 Å². The summed E-state index contributed by atoms with van der Waals surface area (Å²) in [7, 11) is 0. The van der Waals surface area contributed by atoms with Gasteiger partial charge < -0.3 is 15.0 Å². The third-order valence-corrected chi connectivity index (χ3v) is 8.47. The van der Waals surface area contributed by atoms with Crippen molar-refractivity contribution in [2.75, 3.05) is 44.2 Å². The first-order chi connectivity index (χ1) is 21.3. The number of halogens is 3. The lowest BCUT2D eigenvalue weighted by molar-refractivity contribution is -0.124. The quantitative estimate of drug-likeness (QED) is 0.205. The van der Waals surface area contributed by atoms with Gasteiger partial charge in [0.2, 0.25) is 0 Å². The van der Waals surface area contributed by atoms with Gasteiger partial charge in [0.25, 0.3) is 0 Å². The third kappa shape index (κ3) is 6.43. The lowest BCUT2D eigenvalue weighted by atomic mass is 9.86. The summed E-state index contributed by atoms with van der Waals surface area (Å²) in [6.45, 7) is 3.00. The number of pyridine rings is 1. The molecule has 6 nitrogen and oxygen atoms in total. The monoisotopic (exact) mass is 600 g/mol. The number of aromatic nitrogens is 1. The Morgan fingerprint density at radius 1 is 0.795 bits per heavy atom. The van der Waals surface area contributed by atoms with E-state index in [1.54, 1.807) is 0 Å². The molecular weight excluding hydrogens is 565 g/mol. The molecule has 0 bridgehead atoms. The molecule has 1 fully saturated rings. The summed E-state index contributed by atoms with van der Waals surface area (Å²) in [5.74, 6) is 0.979. The molecule has 4 aromatic rings. The number of unbranched alkanes of at least 4 members (excludes halogenated alkanes) is 1. The number of anilines is 1. The van der Waals surface area contributed by atoms with Gasteiger partial charge in [-0.25, -0.2) is 9.78 Å². The molecule has 2 heterocycles. The van der Waals surface area contributed by atoms with E-state index < -0.39 is 24.4 Å². The van der Waals surface area contributed by atoms with Crippen LogP contribution < -0.4 is 10.2 Å². The van der Waals surface area contributed by atoms with Gasteiger partial charge in [-0.1, -0.05) is 84.9 Å². The largest absolute Gasteiger partial charge is 0.433 e. The lowest BCUT2D eigenvalue weighted by Crippen LogP contribution is -2.47. The Morgan fingerprint density at radius 2 is 1.43 bits per heavy atom. The molecule has 1 aromatic heterocycles. The number of nitrogens with one attached hydrogen (secondary N) is 1. The van der Waals surface area contributed by atoms with Gasteiger partial charge in [0.05, 0.1) is 5.69 Å². The number of benzene rings is 3. The van der Waals surface area contributed by atoms with E-state index in [0.29, 0.717) is 6.42 Å². The van der Waals surface area contributed by atoms with Crippen LogP contribution in [-0.4, -0.2) is 61.4 Å². The molecule has 6 rings (SSSR count). The van der Waals surface area contributed by atoms with E-state index in [9.17, 15) is 18.0 Å². The van der Waals surface area contributed by atoms with Crippen molar-refractivity contribution in [3.05, 3.63) is 108 Å². The summed E-state index contributed by atoms with van der Waals surface area (Å²) >= 11 is 0. The Labute approximate surface area is 255 Å². The Hall–Kier alpha value is -4.37. The zero-order valence-corrected chi connectivity index (χ0v) is 24.4. The molecule has 1 aliphatic carbocycles. The molecule has 0 radical (unpaired) electrons. The number of carbonyl (C=O) groups is 1. The second-order valence-corrected chi connectivity index (χ2v) is 11.3. The normalized spacial score (nSPS) is 15.8. The van der Waals surface area contributed by atoms with Crippen LogP contribution in [0, 0.1) is 0 Å². The van der Waals surface area contributed by atoms with Crippen molar-refractivity contribution >= 4 is 11.9 Å². The summed E-state index contributed by atoms with van der Waals surface area (Å²) < 4.78 is 44.5. The minimum Gasteiger partial charge on any atom is -0.433 e. The molecule has 0 atom stereocenters. The smallest absolute Gasteiger partial charge is 0.408 e. The van der Waals surface area contributed by atoms with E-state index in [0.717, 1.165) is 84.9 Å². The van der Waals surface area contributed by atoms with Gasteiger partial charge in [-0.3, -0.25) is 4.90 Å². The number of ether oxygens (including phenoxy) is 1. The average Bonchev–Trinajstić information content (AvgIpc) is 3.32. The van der Waals surface area contributed by atoms with Crippen LogP contribution in [0.2, 0.25) is 0 Å². The standard InChI is InChI=1S/C35H35F3N4O2/c36-35(37,38)25-39-33(43)44-34(29-15-6-4-13-27(29)28-14-5-7-16-30(28)34)19-8-9-20-41-21-23-42(24-22-41)32-18-10-17-31(40-32)26-11-2-1-3-12-26/h1-7,10-18H,8-9,19-25H2,(H,39,43). The predicted octanol–water partition coefficient (Wildman–Crippen LogP) is 7.25. The maximum Gasteiger partial charge on any atom is 0.408 e. The Bertz CT molecular complexity index is 1540. The van der Waals surface area contributed by atoms with Crippen LogP contribution in [0.25, 0.3) is 22.4 Å². The minimum absolute atomic E-state index is 0.469. The molecule has 9 heteroatoms. The Kier molecular flexibility index (Phi) is 8.57. The number of amides is 1. The predicted molar refractivity (Wildman–Crippen MR) is 165 cm³/mol. The fourth-order valence-corrected chi connectivity index (χ4v) is 6.36. The Morgan fingerprint density at radius 3 is 2.09 bits per heavy atom. The zero-order chi connectivity index (χ0) is 30.6. The summed E-state index contributed by atoms with van der Waals surface area (Å²) in [5, 5.41) is 1.90. The number of carbonyl (C=O) groups excluding carboxylic acids is 1. The van der Waals surface area contributed by atoms with Crippen LogP contribution >= 0.6 is 0 Å². The van der Waals surface area contributed by atoms with E-state index in [1.807, 2.05) is 78.1 Å². The molecule has 1 saturated heterocycles. The van der Waals surface area contributed by atoms with Crippen LogP contribution in [0.3, 0.4) is 0 Å². The van der Waals surface area contributed by atoms with Gasteiger partial charge in [-0.15, -0.1) is 0 Å². The van der Waals surface area contributed by atoms with Crippen molar-refractivity contribution in [1.82, 2.24) is 15.2 Å². The topological polar surface area (TPSA) is 57.7 Å². The number of alkyl halides is 3. The van der Waals surface area contributed by atoms with Crippen molar-refractivity contribution < 1.29 is 22.7 Å². The van der Waals surface area contributed by atoms with Crippen LogP contribution in [-0.2, 0) is 10.3 Å². The number of hydrogen-bond acceptors (Lipinski definition) is 5. The first-order valence-corrected chi connectivity index (χ1v) is 15.1. The third-order valence-electron chi connectivity index (χ3n) is 8.47. The molecule has 1 amide bonds. The van der Waals surface area contributed by atoms with Crippen LogP contribution in [0.15, 0.2) is 97.1 Å². The number of piperazine rings is 1. The van der Waals surface area contributed by atoms with Gasteiger partial charge in [0, 0.05) is 42.9 Å². The van der Waals surface area contributed by atoms with Crippen molar-refractivity contribution in [3.63, 3.8) is 0 Å². The van der Waals surface area contributed by atoms with E-state index in [-0.39, 0.29) is 0 Å². The molecule has 3 aromatic carbocycles. The van der Waals surface area contributed by atoms with Crippen molar-refractivity contribution in [1.29, 1.82) is 0 Å². The molecule has 0 unspecified atom stereocenters. The zero-order valence-electron chi connectivity index (χ0n) is 24.4. The average molecular weight is 601 g/mol. The van der Waals surface area contributed by atoms with Gasteiger partial charge in [-0.05, 0) is 49.1 Å². The highest BCUT2D eigenvalue weighted by Gasteiger charge is 2.46. The molecule has 1 aliphatic heterocycles. The first-order valence-electron chi connectivity index (χ1n) is 15.1. The molecule has 44 heavy (non-hydrogen) atoms. The summed E-state index contributed by atoms with van der Waals surface area (Å²) in [5.41, 5.74) is 4.39. The van der Waals surface area contributed by atoms with Gasteiger partial charge in [-0.2, -0.15) is 13.2 Å². The summed E-state index contributed by atoms with van der Waals surface area (Å²) in [6, 6.07) is 31.7. The van der Waals surface area contributed by atoms with E-state index in [1.165, 1.54) is 0 Å². The van der Waals surface area contributed by atoms with Crippen LogP contribution in [0.4, 0.5) is 23.8 Å². The van der Waals surface area contributed by atoms with Crippen LogP contribution in [0.5, 0.6) is 0 Å². The van der Waals surface area contributed by atoms with Crippen molar-refractivity contribution in [2.24, 2.45) is 0 Å². The Balaban J connectivity index is 1.09. The van der Waals surface area contributed by atoms with E-state index in [2.05, 4.69) is 34.1 Å². The number of nitrogens with zero attached hydrogens (tertiary/aromatic N) is 3. The fraction of sp³-hybridized carbons (Fsp3) is 0.314. The molecule has 228 valence electrons. The number of hydrogen-bond donors (Lipinski definition) is 1. The van der Waals surface area contributed by atoms with Gasteiger partial charge in [0.15, 0.2) is 5.60 Å². The van der Waals surface area contributed by atoms with E-state index in [4.69, 9.17) is 9.72 Å². The molecule has 0 saturated carbocycles. The second kappa shape index (κ2) is 12.7. The molecule has 0 spiro atoms. The first kappa shape index (κ1) is 29.7. The lowest BCUT2D eigenvalue weighted by Gasteiger charge is -2.36. The van der Waals surface area contributed by atoms with Crippen molar-refractivity contribution in [2.45, 2.75) is 31.0 Å².